The first kappa shape index (κ1) is 21.5. The third kappa shape index (κ3) is 4.69. The number of alkyl halides is 2. The fourth-order valence-electron chi connectivity index (χ4n) is 3.34. The van der Waals surface area contributed by atoms with Crippen LogP contribution in [0, 0.1) is 0 Å². The number of hydrogen-bond acceptors (Lipinski definition) is 6. The van der Waals surface area contributed by atoms with Crippen molar-refractivity contribution in [3.05, 3.63) is 47.0 Å². The molecule has 0 bridgehead atoms. The molecular weight excluding hydrogens is 396 g/mol. The van der Waals surface area contributed by atoms with E-state index in [1.807, 2.05) is 12.1 Å². The zero-order valence-electron chi connectivity index (χ0n) is 17.0. The molecule has 0 saturated carbocycles. The maximum atomic E-state index is 12.9. The van der Waals surface area contributed by atoms with Gasteiger partial charge in [-0.25, -0.2) is 0 Å². The van der Waals surface area contributed by atoms with E-state index in [-0.39, 0.29) is 30.3 Å². The Labute approximate surface area is 173 Å². The maximum Gasteiger partial charge on any atom is 0.387 e. The predicted octanol–water partition coefficient (Wildman–Crippen LogP) is 4.32. The van der Waals surface area contributed by atoms with Crippen molar-refractivity contribution in [1.82, 2.24) is 0 Å². The van der Waals surface area contributed by atoms with Crippen LogP contribution >= 0.6 is 0 Å². The molecule has 0 radical (unpaired) electrons. The second kappa shape index (κ2) is 9.56. The van der Waals surface area contributed by atoms with Gasteiger partial charge in [-0.3, -0.25) is 9.79 Å². The first-order chi connectivity index (χ1) is 14.5. The number of ether oxygens (including phenoxy) is 4. The zero-order chi connectivity index (χ0) is 21.7. The Bertz CT molecular complexity index is 959. The molecule has 0 saturated heterocycles. The summed E-state index contributed by atoms with van der Waals surface area (Å²) in [5.41, 5.74) is 2.85. The molecule has 1 aliphatic rings. The van der Waals surface area contributed by atoms with Crippen molar-refractivity contribution in [3.8, 4) is 23.0 Å². The summed E-state index contributed by atoms with van der Waals surface area (Å²) in [4.78, 5) is 17.4. The van der Waals surface area contributed by atoms with Crippen LogP contribution in [0.4, 0.5) is 8.78 Å². The predicted molar refractivity (Wildman–Crippen MR) is 108 cm³/mol. The van der Waals surface area contributed by atoms with Crippen LogP contribution in [0.2, 0.25) is 0 Å². The Hall–Kier alpha value is -3.16. The van der Waals surface area contributed by atoms with Gasteiger partial charge < -0.3 is 18.9 Å². The summed E-state index contributed by atoms with van der Waals surface area (Å²) in [7, 11) is 3.12. The smallest absolute Gasteiger partial charge is 0.387 e. The summed E-state index contributed by atoms with van der Waals surface area (Å²) in [5.74, 6) is 0.966. The van der Waals surface area contributed by atoms with Crippen molar-refractivity contribution < 1.29 is 32.5 Å². The Morgan fingerprint density at radius 2 is 1.80 bits per heavy atom. The maximum absolute atomic E-state index is 12.9. The molecule has 6 nitrogen and oxygen atoms in total. The highest BCUT2D eigenvalue weighted by Crippen LogP contribution is 2.34. The van der Waals surface area contributed by atoms with Crippen molar-refractivity contribution in [1.29, 1.82) is 0 Å². The molecule has 8 heteroatoms. The van der Waals surface area contributed by atoms with Crippen LogP contribution in [0.15, 0.2) is 35.3 Å². The molecule has 3 rings (SSSR count). The van der Waals surface area contributed by atoms with Crippen LogP contribution in [0.3, 0.4) is 0 Å². The monoisotopic (exact) mass is 419 g/mol. The van der Waals surface area contributed by atoms with Gasteiger partial charge in [0, 0.05) is 17.7 Å². The second-order valence-electron chi connectivity index (χ2n) is 6.52. The van der Waals surface area contributed by atoms with Gasteiger partial charge in [-0.2, -0.15) is 8.78 Å². The normalized spacial score (nSPS) is 12.8. The van der Waals surface area contributed by atoms with Crippen LogP contribution in [0.5, 0.6) is 23.0 Å². The van der Waals surface area contributed by atoms with Crippen molar-refractivity contribution in [2.45, 2.75) is 26.4 Å². The number of methoxy groups -OCH3 is 2. The Morgan fingerprint density at radius 1 is 1.07 bits per heavy atom. The van der Waals surface area contributed by atoms with Crippen molar-refractivity contribution in [2.24, 2.45) is 4.99 Å². The zero-order valence-corrected chi connectivity index (χ0v) is 17.0. The Morgan fingerprint density at radius 3 is 2.47 bits per heavy atom. The van der Waals surface area contributed by atoms with E-state index in [2.05, 4.69) is 9.73 Å². The van der Waals surface area contributed by atoms with Gasteiger partial charge in [0.15, 0.2) is 28.8 Å². The number of ketones is 1. The highest BCUT2D eigenvalue weighted by Gasteiger charge is 2.22. The van der Waals surface area contributed by atoms with E-state index in [0.29, 0.717) is 29.3 Å². The highest BCUT2D eigenvalue weighted by atomic mass is 19.3. The fraction of sp³-hybridized carbons (Fsp3) is 0.364. The lowest BCUT2D eigenvalue weighted by Gasteiger charge is -2.19. The Kier molecular flexibility index (Phi) is 6.87. The van der Waals surface area contributed by atoms with Gasteiger partial charge in [0.1, 0.15) is 0 Å². The number of nitrogens with zero attached hydrogens (tertiary/aromatic N) is 1. The van der Waals surface area contributed by atoms with Crippen LogP contribution < -0.4 is 18.9 Å². The molecule has 2 aromatic carbocycles. The molecule has 2 aromatic rings. The van der Waals surface area contributed by atoms with Gasteiger partial charge in [0.05, 0.1) is 33.0 Å². The van der Waals surface area contributed by atoms with E-state index in [0.717, 1.165) is 17.5 Å². The highest BCUT2D eigenvalue weighted by molar-refractivity contribution is 6.17. The largest absolute Gasteiger partial charge is 0.493 e. The molecule has 0 aromatic heterocycles. The second-order valence-corrected chi connectivity index (χ2v) is 6.52. The molecule has 0 N–H and O–H groups in total. The number of benzene rings is 2. The van der Waals surface area contributed by atoms with Gasteiger partial charge in [0.25, 0.3) is 0 Å². The molecule has 0 fully saturated rings. The molecule has 1 heterocycles. The minimum absolute atomic E-state index is 0.0586. The minimum Gasteiger partial charge on any atom is -0.493 e. The van der Waals surface area contributed by atoms with Crippen molar-refractivity contribution in [2.75, 3.05) is 27.4 Å². The van der Waals surface area contributed by atoms with Crippen molar-refractivity contribution >= 4 is 11.5 Å². The van der Waals surface area contributed by atoms with E-state index in [9.17, 15) is 13.6 Å². The number of carbonyl (C=O) groups is 1. The molecule has 1 aliphatic heterocycles. The van der Waals surface area contributed by atoms with E-state index >= 15 is 0 Å². The molecule has 0 atom stereocenters. The lowest BCUT2D eigenvalue weighted by molar-refractivity contribution is -0.0514. The van der Waals surface area contributed by atoms with Crippen LogP contribution in [0.1, 0.15) is 34.8 Å². The number of fused-ring (bicyclic) bond motifs is 1. The minimum atomic E-state index is -2.98. The van der Waals surface area contributed by atoms with Gasteiger partial charge in [-0.05, 0) is 49.2 Å². The van der Waals surface area contributed by atoms with Gasteiger partial charge >= 0.3 is 6.61 Å². The summed E-state index contributed by atoms with van der Waals surface area (Å²) < 4.78 is 45.7. The summed E-state index contributed by atoms with van der Waals surface area (Å²) in [6.45, 7) is -0.448. The van der Waals surface area contributed by atoms with Crippen LogP contribution in [-0.4, -0.2) is 45.5 Å². The van der Waals surface area contributed by atoms with Gasteiger partial charge in [0.2, 0.25) is 0 Å². The SMILES string of the molecule is CCOc1cc(C(=O)CC2=NCCc3cc(OC)c(OC)cc32)ccc1OC(F)F. The summed E-state index contributed by atoms with van der Waals surface area (Å²) >= 11 is 0. The standard InChI is InChI=1S/C22H23F2NO5/c1-4-29-21-10-14(5-6-18(21)30-22(23)24)17(26)12-16-15-11-20(28-3)19(27-2)9-13(15)7-8-25-16/h5-6,9-11,22H,4,7-8,12H2,1-3H3. The number of halogens is 2. The summed E-state index contributed by atoms with van der Waals surface area (Å²) in [5, 5.41) is 0. The van der Waals surface area contributed by atoms with Gasteiger partial charge in [-0.1, -0.05) is 0 Å². The third-order valence-corrected chi connectivity index (χ3v) is 4.71. The molecule has 0 aliphatic carbocycles. The number of aliphatic imine (C=N–C) groups is 1. The molecular formula is C22H23F2NO5. The summed E-state index contributed by atoms with van der Waals surface area (Å²) in [6.07, 6.45) is 0.796. The fourth-order valence-corrected chi connectivity index (χ4v) is 3.34. The molecule has 30 heavy (non-hydrogen) atoms. The molecule has 0 unspecified atom stereocenters. The van der Waals surface area contributed by atoms with Crippen LogP contribution in [-0.2, 0) is 6.42 Å². The topological polar surface area (TPSA) is 66.4 Å². The summed E-state index contributed by atoms with van der Waals surface area (Å²) in [6, 6.07) is 7.90. The number of carbonyl (C=O) groups excluding carboxylic acids is 1. The average Bonchev–Trinajstić information content (AvgIpc) is 2.74. The number of Topliss-reactive ketones (excluding diaryl/α,β-unsaturated/α-hetero) is 1. The first-order valence-corrected chi connectivity index (χ1v) is 9.50. The molecule has 0 amide bonds. The number of rotatable bonds is 9. The van der Waals surface area contributed by atoms with E-state index in [1.165, 1.54) is 18.2 Å². The van der Waals surface area contributed by atoms with E-state index in [4.69, 9.17) is 14.2 Å². The Balaban J connectivity index is 1.86. The number of hydrogen-bond donors (Lipinski definition) is 0. The average molecular weight is 419 g/mol. The lowest BCUT2D eigenvalue weighted by Crippen LogP contribution is -2.17. The van der Waals surface area contributed by atoms with E-state index < -0.39 is 6.61 Å². The van der Waals surface area contributed by atoms with E-state index in [1.54, 1.807) is 21.1 Å². The molecule has 0 spiro atoms. The molecule has 160 valence electrons. The van der Waals surface area contributed by atoms with Crippen LogP contribution in [0.25, 0.3) is 0 Å². The van der Waals surface area contributed by atoms with Crippen molar-refractivity contribution in [3.63, 3.8) is 0 Å². The third-order valence-electron chi connectivity index (χ3n) is 4.71. The lowest BCUT2D eigenvalue weighted by atomic mass is 9.92. The van der Waals surface area contributed by atoms with Gasteiger partial charge in [-0.15, -0.1) is 0 Å². The quantitative estimate of drug-likeness (QED) is 0.567. The first-order valence-electron chi connectivity index (χ1n) is 9.50.